The molecule has 0 bridgehead atoms. The Hall–Kier alpha value is -3.16. The molecule has 3 aromatic rings. The van der Waals surface area contributed by atoms with Gasteiger partial charge in [-0.25, -0.2) is 15.0 Å². The van der Waals surface area contributed by atoms with Crippen molar-refractivity contribution >= 4 is 28.6 Å². The Bertz CT molecular complexity index is 1150. The van der Waals surface area contributed by atoms with E-state index in [9.17, 15) is 4.79 Å². The molecule has 3 aliphatic heterocycles. The zero-order chi connectivity index (χ0) is 22.9. The van der Waals surface area contributed by atoms with Crippen LogP contribution in [0.2, 0.25) is 0 Å². The number of benzene rings is 1. The van der Waals surface area contributed by atoms with Gasteiger partial charge in [-0.2, -0.15) is 0 Å². The Morgan fingerprint density at radius 1 is 0.853 bits per heavy atom. The summed E-state index contributed by atoms with van der Waals surface area (Å²) in [6, 6.07) is 10.5. The second-order valence-corrected chi connectivity index (χ2v) is 9.79. The maximum absolute atomic E-state index is 13.5. The van der Waals surface area contributed by atoms with Crippen molar-refractivity contribution in [1.82, 2.24) is 24.4 Å². The predicted octanol–water partition coefficient (Wildman–Crippen LogP) is 3.12. The van der Waals surface area contributed by atoms with E-state index in [1.165, 1.54) is 24.9 Å². The van der Waals surface area contributed by atoms with Crippen molar-refractivity contribution in [2.24, 2.45) is 5.92 Å². The number of para-hydroxylation sites is 1. The molecule has 178 valence electrons. The first-order chi connectivity index (χ1) is 16.8. The molecule has 3 aliphatic rings. The first-order valence-corrected chi connectivity index (χ1v) is 12.8. The normalized spacial score (nSPS) is 21.4. The lowest BCUT2D eigenvalue weighted by atomic mass is 9.96. The number of carbonyl (C=O) groups is 1. The summed E-state index contributed by atoms with van der Waals surface area (Å²) in [4.78, 5) is 34.4. The highest BCUT2D eigenvalue weighted by molar-refractivity contribution is 5.85. The maximum Gasteiger partial charge on any atom is 0.227 e. The minimum absolute atomic E-state index is 0.0162. The molecular formula is C26H33N7O. The maximum atomic E-state index is 13.5. The van der Waals surface area contributed by atoms with Crippen LogP contribution in [0.25, 0.3) is 11.2 Å². The summed E-state index contributed by atoms with van der Waals surface area (Å²) in [6.45, 7) is 5.97. The zero-order valence-corrected chi connectivity index (χ0v) is 19.8. The predicted molar refractivity (Wildman–Crippen MR) is 133 cm³/mol. The first kappa shape index (κ1) is 21.4. The number of nitrogens with zero attached hydrogens (tertiary/aromatic N) is 7. The number of carbonyl (C=O) groups excluding carboxylic acids is 1. The van der Waals surface area contributed by atoms with Gasteiger partial charge < -0.3 is 19.3 Å². The van der Waals surface area contributed by atoms with E-state index >= 15 is 0 Å². The molecule has 0 saturated carbocycles. The third-order valence-electron chi connectivity index (χ3n) is 7.66. The van der Waals surface area contributed by atoms with Crippen LogP contribution >= 0.6 is 0 Å². The van der Waals surface area contributed by atoms with Gasteiger partial charge in [0.15, 0.2) is 17.0 Å². The molecule has 0 radical (unpaired) electrons. The summed E-state index contributed by atoms with van der Waals surface area (Å²) in [5.41, 5.74) is 3.10. The van der Waals surface area contributed by atoms with E-state index in [-0.39, 0.29) is 5.92 Å². The minimum atomic E-state index is 0.0162. The standard InChI is InChI=1S/C26H33N7O/c34-26(31-16-14-30(15-17-31)21-9-3-1-4-10-21)20-8-7-12-32(18-20)24-23-25(28-19-27-24)33-13-6-2-5-11-22(33)29-23/h1,3-4,9-10,19-20H,2,5-8,11-18H2/t20-/m1/s1. The van der Waals surface area contributed by atoms with E-state index in [4.69, 9.17) is 4.98 Å². The second-order valence-electron chi connectivity index (χ2n) is 9.79. The lowest BCUT2D eigenvalue weighted by Crippen LogP contribution is -2.52. The van der Waals surface area contributed by atoms with Crippen LogP contribution in [-0.4, -0.2) is 69.6 Å². The van der Waals surface area contributed by atoms with E-state index in [0.717, 1.165) is 81.3 Å². The van der Waals surface area contributed by atoms with Gasteiger partial charge in [-0.1, -0.05) is 24.6 Å². The largest absolute Gasteiger partial charge is 0.368 e. The molecule has 0 spiro atoms. The van der Waals surface area contributed by atoms with Crippen molar-refractivity contribution in [2.75, 3.05) is 49.1 Å². The van der Waals surface area contributed by atoms with Gasteiger partial charge in [-0.3, -0.25) is 4.79 Å². The fourth-order valence-electron chi connectivity index (χ4n) is 5.81. The van der Waals surface area contributed by atoms with Gasteiger partial charge in [0.2, 0.25) is 5.91 Å². The monoisotopic (exact) mass is 459 g/mol. The highest BCUT2D eigenvalue weighted by atomic mass is 16.2. The van der Waals surface area contributed by atoms with E-state index in [1.54, 1.807) is 6.33 Å². The fraction of sp³-hybridized carbons (Fsp3) is 0.538. The Morgan fingerprint density at radius 3 is 2.56 bits per heavy atom. The summed E-state index contributed by atoms with van der Waals surface area (Å²) in [5, 5.41) is 0. The van der Waals surface area contributed by atoms with Crippen molar-refractivity contribution in [3.05, 3.63) is 42.5 Å². The molecule has 6 rings (SSSR count). The van der Waals surface area contributed by atoms with Crippen LogP contribution in [0.4, 0.5) is 11.5 Å². The highest BCUT2D eigenvalue weighted by Gasteiger charge is 2.32. The quantitative estimate of drug-likeness (QED) is 0.599. The molecule has 1 atom stereocenters. The summed E-state index contributed by atoms with van der Waals surface area (Å²) in [5.74, 6) is 2.35. The van der Waals surface area contributed by atoms with E-state index < -0.39 is 0 Å². The molecule has 34 heavy (non-hydrogen) atoms. The van der Waals surface area contributed by atoms with Crippen LogP contribution in [0.5, 0.6) is 0 Å². The number of rotatable bonds is 3. The van der Waals surface area contributed by atoms with E-state index in [1.807, 2.05) is 6.07 Å². The van der Waals surface area contributed by atoms with Gasteiger partial charge >= 0.3 is 0 Å². The number of aromatic nitrogens is 4. The van der Waals surface area contributed by atoms with Gasteiger partial charge in [0.25, 0.3) is 0 Å². The third kappa shape index (κ3) is 3.99. The third-order valence-corrected chi connectivity index (χ3v) is 7.66. The molecule has 1 aromatic carbocycles. The number of imidazole rings is 1. The molecule has 8 heteroatoms. The first-order valence-electron chi connectivity index (χ1n) is 12.8. The number of hydrogen-bond acceptors (Lipinski definition) is 6. The molecule has 0 N–H and O–H groups in total. The molecule has 5 heterocycles. The number of hydrogen-bond donors (Lipinski definition) is 0. The van der Waals surface area contributed by atoms with Gasteiger partial charge in [0.05, 0.1) is 5.92 Å². The van der Waals surface area contributed by atoms with Crippen molar-refractivity contribution in [3.8, 4) is 0 Å². The van der Waals surface area contributed by atoms with Crippen molar-refractivity contribution in [1.29, 1.82) is 0 Å². The van der Waals surface area contributed by atoms with Gasteiger partial charge in [-0.15, -0.1) is 0 Å². The van der Waals surface area contributed by atoms with Crippen LogP contribution in [0.3, 0.4) is 0 Å². The molecule has 2 fully saturated rings. The molecule has 0 aliphatic carbocycles. The van der Waals surface area contributed by atoms with Crippen molar-refractivity contribution in [2.45, 2.75) is 45.1 Å². The molecule has 0 unspecified atom stereocenters. The Balaban J connectivity index is 1.16. The second kappa shape index (κ2) is 9.24. The average Bonchev–Trinajstić information content (AvgIpc) is 3.09. The smallest absolute Gasteiger partial charge is 0.227 e. The number of piperazine rings is 1. The van der Waals surface area contributed by atoms with Crippen LogP contribution < -0.4 is 9.80 Å². The molecule has 2 saturated heterocycles. The number of aryl methyl sites for hydroxylation is 2. The van der Waals surface area contributed by atoms with E-state index in [2.05, 4.69) is 53.5 Å². The average molecular weight is 460 g/mol. The lowest BCUT2D eigenvalue weighted by molar-refractivity contribution is -0.136. The van der Waals surface area contributed by atoms with Crippen LogP contribution in [0.1, 0.15) is 37.9 Å². The lowest BCUT2D eigenvalue weighted by Gasteiger charge is -2.40. The number of fused-ring (bicyclic) bond motifs is 3. The summed E-state index contributed by atoms with van der Waals surface area (Å²) in [6.07, 6.45) is 8.23. The van der Waals surface area contributed by atoms with Crippen LogP contribution in [-0.2, 0) is 17.8 Å². The van der Waals surface area contributed by atoms with Crippen molar-refractivity contribution < 1.29 is 4.79 Å². The molecule has 1 amide bonds. The van der Waals surface area contributed by atoms with Crippen LogP contribution in [0, 0.1) is 5.92 Å². The Labute approximate surface area is 200 Å². The summed E-state index contributed by atoms with van der Waals surface area (Å²) < 4.78 is 2.28. The molecule has 2 aromatic heterocycles. The summed E-state index contributed by atoms with van der Waals surface area (Å²) >= 11 is 0. The Morgan fingerprint density at radius 2 is 1.71 bits per heavy atom. The van der Waals surface area contributed by atoms with Crippen LogP contribution in [0.15, 0.2) is 36.7 Å². The van der Waals surface area contributed by atoms with Gasteiger partial charge in [-0.05, 0) is 37.8 Å². The highest BCUT2D eigenvalue weighted by Crippen LogP contribution is 2.30. The number of amides is 1. The topological polar surface area (TPSA) is 70.4 Å². The van der Waals surface area contributed by atoms with Crippen molar-refractivity contribution in [3.63, 3.8) is 0 Å². The summed E-state index contributed by atoms with van der Waals surface area (Å²) in [7, 11) is 0. The molecular weight excluding hydrogens is 426 g/mol. The minimum Gasteiger partial charge on any atom is -0.368 e. The Kier molecular flexibility index (Phi) is 5.81. The number of piperidine rings is 1. The van der Waals surface area contributed by atoms with E-state index in [0.29, 0.717) is 12.5 Å². The number of anilines is 2. The van der Waals surface area contributed by atoms with Gasteiger partial charge in [0, 0.05) is 57.9 Å². The van der Waals surface area contributed by atoms with Gasteiger partial charge in [0.1, 0.15) is 12.2 Å². The molecule has 8 nitrogen and oxygen atoms in total. The fourth-order valence-corrected chi connectivity index (χ4v) is 5.81. The zero-order valence-electron chi connectivity index (χ0n) is 19.8. The SMILES string of the molecule is O=C([C@@H]1CCCN(c2ncnc3c2nc2n3CCCCC2)C1)N1CCN(c2ccccc2)CC1.